The molecule has 0 fully saturated rings. The van der Waals surface area contributed by atoms with Gasteiger partial charge in [-0.05, 0) is 44.2 Å². The summed E-state index contributed by atoms with van der Waals surface area (Å²) in [5, 5.41) is 0.677. The Morgan fingerprint density at radius 3 is 2.42 bits per heavy atom. The van der Waals surface area contributed by atoms with Gasteiger partial charge in [0.1, 0.15) is 22.2 Å². The minimum absolute atomic E-state index is 0.208. The van der Waals surface area contributed by atoms with Crippen molar-refractivity contribution < 1.29 is 23.8 Å². The number of hydrogen-bond acceptors (Lipinski definition) is 8. The normalized spacial score (nSPS) is 11.1. The van der Waals surface area contributed by atoms with Crippen LogP contribution in [-0.4, -0.2) is 50.5 Å². The van der Waals surface area contributed by atoms with Crippen LogP contribution in [0.25, 0.3) is 16.9 Å². The van der Waals surface area contributed by atoms with Crippen LogP contribution in [-0.2, 0) is 22.4 Å². The zero-order chi connectivity index (χ0) is 27.1. The molecular weight excluding hydrogens is 504 g/mol. The van der Waals surface area contributed by atoms with E-state index in [0.29, 0.717) is 35.2 Å². The molecular formula is C28H32N4O5S. The molecule has 0 aliphatic rings. The Balaban J connectivity index is 1.69. The molecule has 0 spiro atoms. The topological polar surface area (TPSA) is 97.0 Å². The van der Waals surface area contributed by atoms with Crippen molar-refractivity contribution in [3.8, 4) is 17.1 Å². The highest BCUT2D eigenvalue weighted by Gasteiger charge is 2.24. The average molecular weight is 537 g/mol. The van der Waals surface area contributed by atoms with E-state index in [9.17, 15) is 9.59 Å². The number of benzene rings is 1. The first-order valence-electron chi connectivity index (χ1n) is 12.7. The van der Waals surface area contributed by atoms with Crippen LogP contribution in [0.1, 0.15) is 55.5 Å². The van der Waals surface area contributed by atoms with Crippen molar-refractivity contribution in [1.29, 1.82) is 0 Å². The molecule has 0 N–H and O–H groups in total. The van der Waals surface area contributed by atoms with Crippen molar-refractivity contribution in [3.05, 3.63) is 65.7 Å². The summed E-state index contributed by atoms with van der Waals surface area (Å²) in [5.74, 6) is 0.792. The van der Waals surface area contributed by atoms with Crippen LogP contribution in [0.3, 0.4) is 0 Å². The number of esters is 1. The fraction of sp³-hybridized carbons (Fsp3) is 0.357. The summed E-state index contributed by atoms with van der Waals surface area (Å²) in [7, 11) is 0. The zero-order valence-electron chi connectivity index (χ0n) is 22.1. The molecule has 0 saturated heterocycles. The lowest BCUT2D eigenvalue weighted by Gasteiger charge is -2.12. The quantitative estimate of drug-likeness (QED) is 0.170. The predicted octanol–water partition coefficient (Wildman–Crippen LogP) is 6.02. The maximum absolute atomic E-state index is 12.9. The van der Waals surface area contributed by atoms with Gasteiger partial charge in [0.25, 0.3) is 0 Å². The second-order valence-corrected chi connectivity index (χ2v) is 9.27. The third-order valence-electron chi connectivity index (χ3n) is 5.93. The van der Waals surface area contributed by atoms with Crippen molar-refractivity contribution >= 4 is 29.5 Å². The SMILES string of the molecule is CCCCc1nc(SC)c(C(=O)OCC)n1Cc1ccc(-c2nc3ccccn3c2OC(=O)OCC)cc1. The van der Waals surface area contributed by atoms with E-state index in [1.807, 2.05) is 53.3 Å². The molecule has 0 aliphatic carbocycles. The van der Waals surface area contributed by atoms with Gasteiger partial charge in [-0.2, -0.15) is 0 Å². The smallest absolute Gasteiger partial charge is 0.461 e. The van der Waals surface area contributed by atoms with Crippen molar-refractivity contribution in [2.24, 2.45) is 0 Å². The van der Waals surface area contributed by atoms with Gasteiger partial charge >= 0.3 is 12.1 Å². The molecule has 200 valence electrons. The van der Waals surface area contributed by atoms with Gasteiger partial charge in [0, 0.05) is 24.7 Å². The molecule has 4 aromatic rings. The number of rotatable bonds is 11. The molecule has 1 aromatic carbocycles. The molecule has 0 saturated carbocycles. The Morgan fingerprint density at radius 1 is 0.974 bits per heavy atom. The molecule has 9 nitrogen and oxygen atoms in total. The summed E-state index contributed by atoms with van der Waals surface area (Å²) >= 11 is 1.45. The van der Waals surface area contributed by atoms with Gasteiger partial charge in [0.2, 0.25) is 5.88 Å². The minimum Gasteiger partial charge on any atom is -0.461 e. The van der Waals surface area contributed by atoms with Gasteiger partial charge in [-0.15, -0.1) is 11.8 Å². The monoisotopic (exact) mass is 536 g/mol. The molecule has 0 radical (unpaired) electrons. The largest absolute Gasteiger partial charge is 0.515 e. The van der Waals surface area contributed by atoms with E-state index in [-0.39, 0.29) is 18.5 Å². The molecule has 0 unspecified atom stereocenters. The highest BCUT2D eigenvalue weighted by molar-refractivity contribution is 7.98. The summed E-state index contributed by atoms with van der Waals surface area (Å²) in [6.45, 7) is 6.63. The van der Waals surface area contributed by atoms with Crippen molar-refractivity contribution in [1.82, 2.24) is 18.9 Å². The third kappa shape index (κ3) is 5.85. The van der Waals surface area contributed by atoms with Crippen molar-refractivity contribution in [2.75, 3.05) is 19.5 Å². The highest BCUT2D eigenvalue weighted by Crippen LogP contribution is 2.32. The maximum Gasteiger partial charge on any atom is 0.515 e. The van der Waals surface area contributed by atoms with E-state index in [1.165, 1.54) is 11.8 Å². The number of pyridine rings is 1. The van der Waals surface area contributed by atoms with Crippen LogP contribution in [0.4, 0.5) is 4.79 Å². The Bertz CT molecular complexity index is 1410. The molecule has 0 atom stereocenters. The van der Waals surface area contributed by atoms with Crippen LogP contribution in [0.2, 0.25) is 0 Å². The number of thioether (sulfide) groups is 1. The van der Waals surface area contributed by atoms with Crippen molar-refractivity contribution in [2.45, 2.75) is 51.6 Å². The van der Waals surface area contributed by atoms with E-state index in [4.69, 9.17) is 19.2 Å². The Morgan fingerprint density at radius 2 is 1.74 bits per heavy atom. The number of aromatic nitrogens is 4. The van der Waals surface area contributed by atoms with E-state index in [1.54, 1.807) is 24.4 Å². The molecule has 0 bridgehead atoms. The number of ether oxygens (including phenoxy) is 3. The van der Waals surface area contributed by atoms with Gasteiger partial charge in [0.05, 0.1) is 13.2 Å². The van der Waals surface area contributed by atoms with Crippen LogP contribution < -0.4 is 4.74 Å². The predicted molar refractivity (Wildman–Crippen MR) is 146 cm³/mol. The van der Waals surface area contributed by atoms with Crippen molar-refractivity contribution in [3.63, 3.8) is 0 Å². The molecule has 38 heavy (non-hydrogen) atoms. The summed E-state index contributed by atoms with van der Waals surface area (Å²) in [6.07, 6.45) is 5.69. The summed E-state index contributed by atoms with van der Waals surface area (Å²) in [6, 6.07) is 13.4. The standard InChI is InChI=1S/C28H32N4O5S/c1-5-8-11-22-30-25(38-4)24(27(33)35-6-2)32(22)18-19-13-15-20(16-14-19)23-26(37-28(34)36-7-3)31-17-10-9-12-21(31)29-23/h9-10,12-17H,5-8,11,18H2,1-4H3. The first-order chi connectivity index (χ1) is 18.5. The van der Waals surface area contributed by atoms with Crippen LogP contribution in [0.15, 0.2) is 53.7 Å². The van der Waals surface area contributed by atoms with Crippen LogP contribution in [0, 0.1) is 0 Å². The summed E-state index contributed by atoms with van der Waals surface area (Å²) in [4.78, 5) is 34.4. The minimum atomic E-state index is -0.785. The number of aryl methyl sites for hydroxylation is 1. The Kier molecular flexibility index (Phi) is 9.06. The number of carbonyl (C=O) groups is 2. The first-order valence-corrected chi connectivity index (χ1v) is 13.9. The Labute approximate surface area is 226 Å². The average Bonchev–Trinajstić information content (AvgIpc) is 3.46. The number of unbranched alkanes of at least 4 members (excludes halogenated alkanes) is 1. The van der Waals surface area contributed by atoms with Gasteiger partial charge in [-0.3, -0.25) is 4.40 Å². The fourth-order valence-electron chi connectivity index (χ4n) is 4.15. The highest BCUT2D eigenvalue weighted by atomic mass is 32.2. The van der Waals surface area contributed by atoms with E-state index < -0.39 is 6.16 Å². The summed E-state index contributed by atoms with van der Waals surface area (Å²) in [5.41, 5.74) is 3.43. The van der Waals surface area contributed by atoms with Crippen LogP contribution in [0.5, 0.6) is 5.88 Å². The number of nitrogens with zero attached hydrogens (tertiary/aromatic N) is 4. The van der Waals surface area contributed by atoms with Gasteiger partial charge in [-0.25, -0.2) is 19.6 Å². The van der Waals surface area contributed by atoms with E-state index in [0.717, 1.165) is 36.2 Å². The van der Waals surface area contributed by atoms with E-state index >= 15 is 0 Å². The second-order valence-electron chi connectivity index (χ2n) is 8.47. The molecule has 0 amide bonds. The lowest BCUT2D eigenvalue weighted by molar-refractivity contribution is 0.0509. The lowest BCUT2D eigenvalue weighted by Crippen LogP contribution is -2.16. The lowest BCUT2D eigenvalue weighted by atomic mass is 10.1. The Hall–Kier alpha value is -3.79. The van der Waals surface area contributed by atoms with Gasteiger partial charge in [0.15, 0.2) is 5.69 Å². The van der Waals surface area contributed by atoms with Gasteiger partial charge in [-0.1, -0.05) is 43.7 Å². The van der Waals surface area contributed by atoms with Crippen LogP contribution >= 0.6 is 11.8 Å². The molecule has 4 rings (SSSR count). The second kappa shape index (κ2) is 12.6. The summed E-state index contributed by atoms with van der Waals surface area (Å²) < 4.78 is 19.6. The number of hydrogen-bond donors (Lipinski definition) is 0. The number of fused-ring (bicyclic) bond motifs is 1. The van der Waals surface area contributed by atoms with E-state index in [2.05, 4.69) is 11.9 Å². The fourth-order valence-corrected chi connectivity index (χ4v) is 4.73. The van der Waals surface area contributed by atoms with Gasteiger partial charge < -0.3 is 18.8 Å². The zero-order valence-corrected chi connectivity index (χ0v) is 22.9. The maximum atomic E-state index is 12.9. The molecule has 10 heteroatoms. The molecule has 3 heterocycles. The third-order valence-corrected chi connectivity index (χ3v) is 6.60. The molecule has 0 aliphatic heterocycles. The molecule has 3 aromatic heterocycles. The first kappa shape index (κ1) is 27.3. The number of carbonyl (C=O) groups excluding carboxylic acids is 2. The number of imidazole rings is 2.